The average molecular weight is 156 g/mol. The van der Waals surface area contributed by atoms with Crippen LogP contribution in [-0.4, -0.2) is 23.5 Å². The molecule has 0 aromatic carbocycles. The van der Waals surface area contributed by atoms with Gasteiger partial charge in [0.1, 0.15) is 0 Å². The van der Waals surface area contributed by atoms with E-state index in [2.05, 4.69) is 5.73 Å². The van der Waals surface area contributed by atoms with Gasteiger partial charge in [-0.15, -0.1) is 0 Å². The Labute approximate surface area is 60.7 Å². The second-order valence-corrected chi connectivity index (χ2v) is 2.02. The van der Waals surface area contributed by atoms with Crippen LogP contribution in [0, 0.1) is 5.92 Å². The van der Waals surface area contributed by atoms with E-state index in [4.69, 9.17) is 0 Å². The molecule has 0 aromatic rings. The molecule has 6 heteroatoms. The molecular formula is C5H4N2O4. The number of ketones is 1. The lowest BCUT2D eigenvalue weighted by molar-refractivity contribution is -0.140. The summed E-state index contributed by atoms with van der Waals surface area (Å²) in [4.78, 5) is 42.0. The largest absolute Gasteiger partial charge is 0.369 e. The van der Waals surface area contributed by atoms with Crippen LogP contribution in [0.1, 0.15) is 0 Å². The van der Waals surface area contributed by atoms with Crippen molar-refractivity contribution in [1.29, 1.82) is 0 Å². The minimum Gasteiger partial charge on any atom is -0.369 e. The third-order valence-electron chi connectivity index (χ3n) is 1.27. The topological polar surface area (TPSA) is 106 Å². The summed E-state index contributed by atoms with van der Waals surface area (Å²) in [6.45, 7) is 0. The Hall–Kier alpha value is -1.72. The smallest absolute Gasteiger partial charge is 0.295 e. The van der Waals surface area contributed by atoms with Crippen LogP contribution in [-0.2, 0) is 19.2 Å². The minimum absolute atomic E-state index is 0.937. The highest BCUT2D eigenvalue weighted by Crippen LogP contribution is 2.04. The summed E-state index contributed by atoms with van der Waals surface area (Å²) >= 11 is 0. The number of Topliss-reactive ketones (excluding diaryl/α,β-unsaturated/α-hetero) is 1. The number of nitrogens with two attached hydrogens (primary N) is 1. The first-order valence-electron chi connectivity index (χ1n) is 2.72. The number of imide groups is 1. The van der Waals surface area contributed by atoms with Crippen molar-refractivity contribution in [3.8, 4) is 0 Å². The van der Waals surface area contributed by atoms with Crippen molar-refractivity contribution in [2.24, 2.45) is 11.7 Å². The van der Waals surface area contributed by atoms with Crippen LogP contribution in [0.2, 0.25) is 0 Å². The van der Waals surface area contributed by atoms with Crippen LogP contribution in [0.5, 0.6) is 0 Å². The van der Waals surface area contributed by atoms with Crippen LogP contribution < -0.4 is 11.1 Å². The van der Waals surface area contributed by atoms with E-state index in [1.54, 1.807) is 5.32 Å². The predicted octanol–water partition coefficient (Wildman–Crippen LogP) is -2.69. The van der Waals surface area contributed by atoms with Crippen LogP contribution in [0.25, 0.3) is 0 Å². The highest BCUT2D eigenvalue weighted by atomic mass is 16.2. The Morgan fingerprint density at radius 1 is 1.36 bits per heavy atom. The number of carbonyl (C=O) groups is 4. The number of carbonyl (C=O) groups excluding carboxylic acids is 4. The summed E-state index contributed by atoms with van der Waals surface area (Å²) in [5.74, 6) is -5.81. The zero-order valence-corrected chi connectivity index (χ0v) is 5.29. The van der Waals surface area contributed by atoms with Gasteiger partial charge in [-0.1, -0.05) is 0 Å². The molecule has 0 spiro atoms. The first kappa shape index (κ1) is 7.39. The number of rotatable bonds is 1. The minimum atomic E-state index is -1.62. The molecule has 0 unspecified atom stereocenters. The van der Waals surface area contributed by atoms with E-state index >= 15 is 0 Å². The van der Waals surface area contributed by atoms with E-state index in [0.717, 1.165) is 0 Å². The molecule has 0 aliphatic carbocycles. The lowest BCUT2D eigenvalue weighted by atomic mass is 10.1. The Bertz CT molecular complexity index is 270. The third-order valence-corrected chi connectivity index (χ3v) is 1.27. The van der Waals surface area contributed by atoms with Crippen LogP contribution in [0.4, 0.5) is 0 Å². The van der Waals surface area contributed by atoms with E-state index in [9.17, 15) is 19.2 Å². The number of primary amides is 1. The SMILES string of the molecule is NC(=O)[C@H]1C(=O)NC(=O)C1=O. The number of nitrogens with one attached hydrogen (secondary N) is 1. The van der Waals surface area contributed by atoms with Gasteiger partial charge in [-0.2, -0.15) is 0 Å². The molecule has 1 saturated heterocycles. The van der Waals surface area contributed by atoms with Gasteiger partial charge in [-0.25, -0.2) is 0 Å². The molecule has 3 amide bonds. The van der Waals surface area contributed by atoms with Gasteiger partial charge in [-0.05, 0) is 0 Å². The van der Waals surface area contributed by atoms with Crippen molar-refractivity contribution < 1.29 is 19.2 Å². The number of hydrogen-bond acceptors (Lipinski definition) is 4. The average Bonchev–Trinajstić information content (AvgIpc) is 2.07. The summed E-state index contributed by atoms with van der Waals surface area (Å²) in [5.41, 5.74) is 4.67. The van der Waals surface area contributed by atoms with Gasteiger partial charge in [0.05, 0.1) is 0 Å². The zero-order chi connectivity index (χ0) is 8.59. The van der Waals surface area contributed by atoms with Crippen molar-refractivity contribution in [2.45, 2.75) is 0 Å². The van der Waals surface area contributed by atoms with Gasteiger partial charge in [0.15, 0.2) is 5.92 Å². The highest BCUT2D eigenvalue weighted by molar-refractivity contribution is 6.52. The molecule has 1 fully saturated rings. The lowest BCUT2D eigenvalue weighted by Gasteiger charge is -1.94. The normalized spacial score (nSPS) is 23.6. The Morgan fingerprint density at radius 3 is 2.09 bits per heavy atom. The molecule has 1 rings (SSSR count). The fourth-order valence-electron chi connectivity index (χ4n) is 0.754. The Balaban J connectivity index is 2.98. The summed E-state index contributed by atoms with van der Waals surface area (Å²) in [7, 11) is 0. The molecule has 11 heavy (non-hydrogen) atoms. The number of amides is 3. The maximum absolute atomic E-state index is 10.6. The van der Waals surface area contributed by atoms with E-state index in [1.165, 1.54) is 0 Å². The molecule has 1 aliphatic rings. The maximum Gasteiger partial charge on any atom is 0.295 e. The van der Waals surface area contributed by atoms with Gasteiger partial charge >= 0.3 is 0 Å². The zero-order valence-electron chi connectivity index (χ0n) is 5.29. The van der Waals surface area contributed by atoms with Crippen molar-refractivity contribution in [2.75, 3.05) is 0 Å². The summed E-state index contributed by atoms with van der Waals surface area (Å²) in [6.07, 6.45) is 0. The predicted molar refractivity (Wildman–Crippen MR) is 30.8 cm³/mol. The van der Waals surface area contributed by atoms with E-state index in [1.807, 2.05) is 0 Å². The standard InChI is InChI=1S/C5H4N2O4/c6-3(9)1-2(8)5(11)7-4(1)10/h1H,(H2,6,9)(H,7,10,11)/t1-/m0/s1. The van der Waals surface area contributed by atoms with Crippen molar-refractivity contribution in [3.05, 3.63) is 0 Å². The molecule has 1 aliphatic heterocycles. The monoisotopic (exact) mass is 156 g/mol. The Kier molecular flexibility index (Phi) is 1.45. The van der Waals surface area contributed by atoms with Gasteiger partial charge < -0.3 is 5.73 Å². The third kappa shape index (κ3) is 0.977. The second-order valence-electron chi connectivity index (χ2n) is 2.02. The van der Waals surface area contributed by atoms with Gasteiger partial charge in [0.25, 0.3) is 5.91 Å². The van der Waals surface area contributed by atoms with Gasteiger partial charge in [0.2, 0.25) is 17.6 Å². The molecule has 58 valence electrons. The lowest BCUT2D eigenvalue weighted by Crippen LogP contribution is -2.33. The molecule has 1 atom stereocenters. The molecule has 1 heterocycles. The first-order chi connectivity index (χ1) is 5.04. The van der Waals surface area contributed by atoms with Gasteiger partial charge in [-0.3, -0.25) is 24.5 Å². The number of hydrogen-bond donors (Lipinski definition) is 2. The van der Waals surface area contributed by atoms with Gasteiger partial charge in [0, 0.05) is 0 Å². The fourth-order valence-corrected chi connectivity index (χ4v) is 0.754. The van der Waals surface area contributed by atoms with E-state index in [-0.39, 0.29) is 0 Å². The van der Waals surface area contributed by atoms with E-state index < -0.39 is 29.4 Å². The molecule has 0 saturated carbocycles. The quantitative estimate of drug-likeness (QED) is 0.245. The van der Waals surface area contributed by atoms with Crippen LogP contribution in [0.15, 0.2) is 0 Å². The first-order valence-corrected chi connectivity index (χ1v) is 2.72. The van der Waals surface area contributed by atoms with Crippen molar-refractivity contribution in [3.63, 3.8) is 0 Å². The maximum atomic E-state index is 10.6. The molecule has 0 aromatic heterocycles. The fraction of sp³-hybridized carbons (Fsp3) is 0.200. The molecular weight excluding hydrogens is 152 g/mol. The molecule has 0 radical (unpaired) electrons. The van der Waals surface area contributed by atoms with Crippen molar-refractivity contribution in [1.82, 2.24) is 5.32 Å². The molecule has 0 bridgehead atoms. The van der Waals surface area contributed by atoms with Crippen LogP contribution in [0.3, 0.4) is 0 Å². The van der Waals surface area contributed by atoms with E-state index in [0.29, 0.717) is 0 Å². The Morgan fingerprint density at radius 2 is 1.91 bits per heavy atom. The van der Waals surface area contributed by atoms with Crippen LogP contribution >= 0.6 is 0 Å². The summed E-state index contributed by atoms with van der Waals surface area (Å²) in [5, 5.41) is 1.67. The summed E-state index contributed by atoms with van der Waals surface area (Å²) in [6, 6.07) is 0. The van der Waals surface area contributed by atoms with Crippen molar-refractivity contribution >= 4 is 23.5 Å². The second kappa shape index (κ2) is 2.15. The summed E-state index contributed by atoms with van der Waals surface area (Å²) < 4.78 is 0. The molecule has 6 nitrogen and oxygen atoms in total. The molecule has 3 N–H and O–H groups in total. The highest BCUT2D eigenvalue weighted by Gasteiger charge is 2.43.